The lowest BCUT2D eigenvalue weighted by atomic mass is 10.2. The molecule has 0 bridgehead atoms. The molecule has 1 heterocycles. The van der Waals surface area contributed by atoms with Gasteiger partial charge in [-0.25, -0.2) is 0 Å². The third-order valence-corrected chi connectivity index (χ3v) is 4.99. The van der Waals surface area contributed by atoms with Crippen molar-refractivity contribution in [3.05, 3.63) is 58.1 Å². The molecule has 6 heteroatoms. The van der Waals surface area contributed by atoms with Crippen LogP contribution in [0.5, 0.6) is 0 Å². The highest BCUT2D eigenvalue weighted by Gasteiger charge is 2.18. The molecule has 0 unspecified atom stereocenters. The highest BCUT2D eigenvalue weighted by Crippen LogP contribution is 2.30. The molecule has 0 radical (unpaired) electrons. The van der Waals surface area contributed by atoms with E-state index >= 15 is 0 Å². The van der Waals surface area contributed by atoms with Crippen LogP contribution in [0.15, 0.2) is 42.5 Å². The average molecular weight is 378 g/mol. The molecule has 2 aromatic carbocycles. The molecule has 2 aromatic rings. The highest BCUT2D eigenvalue weighted by molar-refractivity contribution is 6.33. The molecule has 0 aromatic heterocycles. The minimum absolute atomic E-state index is 0.206. The Balaban J connectivity index is 1.69. The van der Waals surface area contributed by atoms with Gasteiger partial charge in [0.25, 0.3) is 5.91 Å². The summed E-state index contributed by atoms with van der Waals surface area (Å²) in [6.45, 7) is 7.26. The molecule has 1 aliphatic heterocycles. The second-order valence-electron chi connectivity index (χ2n) is 6.05. The van der Waals surface area contributed by atoms with Crippen molar-refractivity contribution in [2.24, 2.45) is 0 Å². The van der Waals surface area contributed by atoms with E-state index < -0.39 is 0 Å². The zero-order valence-corrected chi connectivity index (χ0v) is 15.6. The Labute approximate surface area is 158 Å². The molecule has 1 fully saturated rings. The molecule has 0 aliphatic carbocycles. The van der Waals surface area contributed by atoms with Crippen molar-refractivity contribution in [1.29, 1.82) is 0 Å². The molecule has 0 spiro atoms. The molecule has 25 heavy (non-hydrogen) atoms. The van der Waals surface area contributed by atoms with Crippen LogP contribution in [0.3, 0.4) is 0 Å². The van der Waals surface area contributed by atoms with E-state index in [0.29, 0.717) is 21.3 Å². The fourth-order valence-corrected chi connectivity index (χ4v) is 3.47. The molecule has 1 amide bonds. The van der Waals surface area contributed by atoms with Crippen molar-refractivity contribution < 1.29 is 4.79 Å². The van der Waals surface area contributed by atoms with Crippen LogP contribution >= 0.6 is 23.2 Å². The Bertz CT molecular complexity index is 758. The van der Waals surface area contributed by atoms with E-state index in [1.165, 1.54) is 0 Å². The number of benzene rings is 2. The number of carbonyl (C=O) groups is 1. The van der Waals surface area contributed by atoms with Crippen molar-refractivity contribution in [1.82, 2.24) is 4.90 Å². The summed E-state index contributed by atoms with van der Waals surface area (Å²) in [5.41, 5.74) is 2.20. The van der Waals surface area contributed by atoms with Gasteiger partial charge in [0.2, 0.25) is 0 Å². The Morgan fingerprint density at radius 2 is 1.84 bits per heavy atom. The van der Waals surface area contributed by atoms with E-state index in [-0.39, 0.29) is 5.91 Å². The number of nitrogens with zero attached hydrogens (tertiary/aromatic N) is 2. The van der Waals surface area contributed by atoms with Crippen LogP contribution in [0, 0.1) is 0 Å². The topological polar surface area (TPSA) is 35.6 Å². The van der Waals surface area contributed by atoms with Crippen LogP contribution in [0.2, 0.25) is 10.0 Å². The summed E-state index contributed by atoms with van der Waals surface area (Å²) in [5, 5.41) is 4.05. The Morgan fingerprint density at radius 3 is 2.48 bits per heavy atom. The van der Waals surface area contributed by atoms with E-state index in [1.54, 1.807) is 30.3 Å². The maximum absolute atomic E-state index is 12.3. The highest BCUT2D eigenvalue weighted by atomic mass is 35.5. The summed E-state index contributed by atoms with van der Waals surface area (Å²) in [5.74, 6) is -0.206. The number of hydrogen-bond donors (Lipinski definition) is 1. The van der Waals surface area contributed by atoms with Crippen molar-refractivity contribution >= 4 is 40.5 Å². The maximum atomic E-state index is 12.3. The number of hydrogen-bond acceptors (Lipinski definition) is 3. The third kappa shape index (κ3) is 4.46. The van der Waals surface area contributed by atoms with Crippen LogP contribution in [0.4, 0.5) is 11.4 Å². The van der Waals surface area contributed by atoms with Gasteiger partial charge >= 0.3 is 0 Å². The monoisotopic (exact) mass is 377 g/mol. The number of likely N-dealkylation sites (N-methyl/N-ethyl adjacent to an activating group) is 1. The minimum Gasteiger partial charge on any atom is -0.368 e. The number of carbonyl (C=O) groups excluding carboxylic acids is 1. The second kappa shape index (κ2) is 8.09. The Morgan fingerprint density at radius 1 is 1.08 bits per heavy atom. The minimum atomic E-state index is -0.206. The van der Waals surface area contributed by atoms with Crippen molar-refractivity contribution in [3.8, 4) is 0 Å². The number of nitrogens with one attached hydrogen (secondary N) is 1. The van der Waals surface area contributed by atoms with Crippen LogP contribution < -0.4 is 10.2 Å². The number of rotatable bonds is 4. The van der Waals surface area contributed by atoms with Gasteiger partial charge in [-0.05, 0) is 42.9 Å². The molecule has 1 saturated heterocycles. The number of halogens is 2. The summed E-state index contributed by atoms with van der Waals surface area (Å²) in [6.07, 6.45) is 0. The summed E-state index contributed by atoms with van der Waals surface area (Å²) in [6, 6.07) is 12.5. The summed E-state index contributed by atoms with van der Waals surface area (Å²) in [4.78, 5) is 17.0. The normalized spacial score (nSPS) is 15.2. The lowest BCUT2D eigenvalue weighted by Crippen LogP contribution is -2.46. The number of amides is 1. The molecule has 0 atom stereocenters. The Kier molecular flexibility index (Phi) is 5.84. The van der Waals surface area contributed by atoms with Gasteiger partial charge in [-0.3, -0.25) is 4.79 Å². The van der Waals surface area contributed by atoms with Crippen LogP contribution in [0.1, 0.15) is 17.3 Å². The Hall–Kier alpha value is -1.75. The van der Waals surface area contributed by atoms with E-state index in [9.17, 15) is 4.79 Å². The molecular weight excluding hydrogens is 357 g/mol. The van der Waals surface area contributed by atoms with Crippen LogP contribution in [-0.2, 0) is 0 Å². The molecule has 3 rings (SSSR count). The average Bonchev–Trinajstić information content (AvgIpc) is 2.62. The lowest BCUT2D eigenvalue weighted by Gasteiger charge is -2.36. The van der Waals surface area contributed by atoms with Gasteiger partial charge in [-0.15, -0.1) is 0 Å². The molecular formula is C19H21Cl2N3O. The maximum Gasteiger partial charge on any atom is 0.255 e. The first-order chi connectivity index (χ1) is 12.1. The predicted molar refractivity (Wildman–Crippen MR) is 105 cm³/mol. The quantitative estimate of drug-likeness (QED) is 0.857. The molecule has 4 nitrogen and oxygen atoms in total. The SMILES string of the molecule is CCN1CCN(c2ccc(NC(=O)c3cccc(Cl)c3)cc2Cl)CC1. The number of piperazine rings is 1. The van der Waals surface area contributed by atoms with Gasteiger partial charge in [0.15, 0.2) is 0 Å². The zero-order valence-electron chi connectivity index (χ0n) is 14.1. The van der Waals surface area contributed by atoms with Crippen molar-refractivity contribution in [2.45, 2.75) is 6.92 Å². The summed E-state index contributed by atoms with van der Waals surface area (Å²) in [7, 11) is 0. The fraction of sp³-hybridized carbons (Fsp3) is 0.316. The molecule has 132 valence electrons. The van der Waals surface area contributed by atoms with Gasteiger partial charge < -0.3 is 15.1 Å². The first-order valence-corrected chi connectivity index (χ1v) is 9.16. The molecule has 1 aliphatic rings. The summed E-state index contributed by atoms with van der Waals surface area (Å²) >= 11 is 12.4. The smallest absolute Gasteiger partial charge is 0.255 e. The van der Waals surface area contributed by atoms with Gasteiger partial charge in [0.05, 0.1) is 10.7 Å². The lowest BCUT2D eigenvalue weighted by molar-refractivity contribution is 0.102. The standard InChI is InChI=1S/C19H21Cl2N3O/c1-2-23-8-10-24(11-9-23)18-7-6-16(13-17(18)21)22-19(25)14-4-3-5-15(20)12-14/h3-7,12-13H,2,8-11H2,1H3,(H,22,25). The van der Waals surface area contributed by atoms with Crippen LogP contribution in [0.25, 0.3) is 0 Å². The molecule has 1 N–H and O–H groups in total. The molecule has 0 saturated carbocycles. The van der Waals surface area contributed by atoms with Crippen molar-refractivity contribution in [3.63, 3.8) is 0 Å². The first kappa shape index (κ1) is 18.1. The first-order valence-electron chi connectivity index (χ1n) is 8.40. The van der Waals surface area contributed by atoms with Gasteiger partial charge in [-0.2, -0.15) is 0 Å². The van der Waals surface area contributed by atoms with Gasteiger partial charge in [0.1, 0.15) is 0 Å². The van der Waals surface area contributed by atoms with Gasteiger partial charge in [-0.1, -0.05) is 36.2 Å². The summed E-state index contributed by atoms with van der Waals surface area (Å²) < 4.78 is 0. The zero-order chi connectivity index (χ0) is 17.8. The van der Waals surface area contributed by atoms with E-state index in [2.05, 4.69) is 22.0 Å². The second-order valence-corrected chi connectivity index (χ2v) is 6.90. The van der Waals surface area contributed by atoms with Gasteiger partial charge in [0, 0.05) is 42.5 Å². The number of anilines is 2. The van der Waals surface area contributed by atoms with Crippen LogP contribution in [-0.4, -0.2) is 43.5 Å². The van der Waals surface area contributed by atoms with E-state index in [1.807, 2.05) is 12.1 Å². The van der Waals surface area contributed by atoms with E-state index in [4.69, 9.17) is 23.2 Å². The fourth-order valence-electron chi connectivity index (χ4n) is 2.98. The third-order valence-electron chi connectivity index (χ3n) is 4.45. The predicted octanol–water partition coefficient (Wildman–Crippen LogP) is 4.39. The van der Waals surface area contributed by atoms with E-state index in [0.717, 1.165) is 38.4 Å². The van der Waals surface area contributed by atoms with Crippen molar-refractivity contribution in [2.75, 3.05) is 42.9 Å². The largest absolute Gasteiger partial charge is 0.368 e.